The first-order chi connectivity index (χ1) is 7.54. The molecule has 2 rings (SSSR count). The Morgan fingerprint density at radius 2 is 1.88 bits per heavy atom. The van der Waals surface area contributed by atoms with Crippen LogP contribution in [0, 0.1) is 5.82 Å². The molecular weight excluding hydrogens is 203 g/mol. The van der Waals surface area contributed by atoms with Crippen LogP contribution in [-0.4, -0.2) is 5.11 Å². The third-order valence-corrected chi connectivity index (χ3v) is 3.58. The third-order valence-electron chi connectivity index (χ3n) is 3.58. The maximum atomic E-state index is 14.3. The van der Waals surface area contributed by atoms with Crippen LogP contribution in [0.2, 0.25) is 0 Å². The molecular formula is C14H19FO. The molecule has 0 aromatic heterocycles. The Kier molecular flexibility index (Phi) is 3.02. The Balaban J connectivity index is 2.45. The molecule has 2 heteroatoms. The molecule has 1 aliphatic carbocycles. The lowest BCUT2D eigenvalue weighted by Crippen LogP contribution is -2.23. The average molecular weight is 222 g/mol. The quantitative estimate of drug-likeness (QED) is 0.808. The first kappa shape index (κ1) is 11.6. The summed E-state index contributed by atoms with van der Waals surface area (Å²) in [6.45, 7) is 3.95. The first-order valence-corrected chi connectivity index (χ1v) is 6.06. The van der Waals surface area contributed by atoms with Gasteiger partial charge in [0.1, 0.15) is 5.82 Å². The fraction of sp³-hybridized carbons (Fsp3) is 0.571. The van der Waals surface area contributed by atoms with Gasteiger partial charge >= 0.3 is 0 Å². The molecule has 0 spiro atoms. The van der Waals surface area contributed by atoms with E-state index in [2.05, 4.69) is 0 Å². The van der Waals surface area contributed by atoms with Gasteiger partial charge in [-0.05, 0) is 24.3 Å². The second-order valence-corrected chi connectivity index (χ2v) is 5.10. The van der Waals surface area contributed by atoms with Crippen LogP contribution in [0.3, 0.4) is 0 Å². The summed E-state index contributed by atoms with van der Waals surface area (Å²) in [6.07, 6.45) is 3.35. The third kappa shape index (κ3) is 1.86. The first-order valence-electron chi connectivity index (χ1n) is 6.06. The predicted octanol–water partition coefficient (Wildman–Crippen LogP) is 3.71. The van der Waals surface area contributed by atoms with Crippen molar-refractivity contribution < 1.29 is 9.50 Å². The number of rotatable bonds is 2. The van der Waals surface area contributed by atoms with Gasteiger partial charge in [-0.2, -0.15) is 0 Å². The maximum absolute atomic E-state index is 14.3. The Morgan fingerprint density at radius 1 is 1.25 bits per heavy atom. The molecule has 0 radical (unpaired) electrons. The van der Waals surface area contributed by atoms with Gasteiger partial charge in [0.15, 0.2) is 0 Å². The molecule has 0 amide bonds. The van der Waals surface area contributed by atoms with Gasteiger partial charge in [-0.1, -0.05) is 44.9 Å². The summed E-state index contributed by atoms with van der Waals surface area (Å²) in [5.41, 5.74) is 0.281. The molecule has 0 aliphatic heterocycles. The van der Waals surface area contributed by atoms with Gasteiger partial charge < -0.3 is 5.11 Å². The van der Waals surface area contributed by atoms with E-state index in [4.69, 9.17) is 0 Å². The summed E-state index contributed by atoms with van der Waals surface area (Å²) in [5.74, 6) is -0.0492. The zero-order valence-electron chi connectivity index (χ0n) is 9.96. The monoisotopic (exact) mass is 222 g/mol. The highest BCUT2D eigenvalue weighted by Gasteiger charge is 2.35. The molecule has 0 heterocycles. The van der Waals surface area contributed by atoms with Gasteiger partial charge in [0.05, 0.1) is 5.60 Å². The van der Waals surface area contributed by atoms with E-state index in [0.29, 0.717) is 24.0 Å². The molecule has 1 nitrogen and oxygen atoms in total. The summed E-state index contributed by atoms with van der Waals surface area (Å²) < 4.78 is 14.3. The van der Waals surface area contributed by atoms with Crippen LogP contribution < -0.4 is 0 Å². The van der Waals surface area contributed by atoms with E-state index in [0.717, 1.165) is 12.8 Å². The molecule has 0 saturated heterocycles. The predicted molar refractivity (Wildman–Crippen MR) is 62.9 cm³/mol. The van der Waals surface area contributed by atoms with Gasteiger partial charge in [-0.15, -0.1) is 0 Å². The Labute approximate surface area is 96.3 Å². The van der Waals surface area contributed by atoms with E-state index in [1.165, 1.54) is 0 Å². The van der Waals surface area contributed by atoms with Crippen LogP contribution in [0.5, 0.6) is 0 Å². The van der Waals surface area contributed by atoms with Crippen LogP contribution in [-0.2, 0) is 5.60 Å². The number of aliphatic hydroxyl groups is 1. The van der Waals surface area contributed by atoms with E-state index in [1.54, 1.807) is 6.07 Å². The SMILES string of the molecule is CC(C)c1cccc(C2(O)CCCC2)c1F. The number of halogens is 1. The molecule has 1 aromatic rings. The lowest BCUT2D eigenvalue weighted by Gasteiger charge is -2.24. The van der Waals surface area contributed by atoms with Crippen LogP contribution in [0.25, 0.3) is 0 Å². The highest BCUT2D eigenvalue weighted by molar-refractivity contribution is 5.32. The van der Waals surface area contributed by atoms with Gasteiger partial charge in [0.2, 0.25) is 0 Å². The fourth-order valence-corrected chi connectivity index (χ4v) is 2.58. The molecule has 1 aliphatic rings. The minimum Gasteiger partial charge on any atom is -0.385 e. The maximum Gasteiger partial charge on any atom is 0.132 e. The van der Waals surface area contributed by atoms with Crippen molar-refractivity contribution in [2.45, 2.75) is 51.0 Å². The van der Waals surface area contributed by atoms with E-state index in [9.17, 15) is 9.50 Å². The zero-order chi connectivity index (χ0) is 11.8. The molecule has 1 fully saturated rings. The number of hydrogen-bond donors (Lipinski definition) is 1. The average Bonchev–Trinajstić information content (AvgIpc) is 2.66. The van der Waals surface area contributed by atoms with E-state index in [-0.39, 0.29) is 11.7 Å². The van der Waals surface area contributed by atoms with Crippen molar-refractivity contribution in [1.29, 1.82) is 0 Å². The van der Waals surface area contributed by atoms with Gasteiger partial charge in [0, 0.05) is 5.56 Å². The minimum absolute atomic E-state index is 0.157. The number of benzene rings is 1. The second kappa shape index (κ2) is 4.17. The summed E-state index contributed by atoms with van der Waals surface area (Å²) in [5, 5.41) is 10.4. The molecule has 0 unspecified atom stereocenters. The van der Waals surface area contributed by atoms with E-state index >= 15 is 0 Å². The second-order valence-electron chi connectivity index (χ2n) is 5.10. The highest BCUT2D eigenvalue weighted by atomic mass is 19.1. The fourth-order valence-electron chi connectivity index (χ4n) is 2.58. The Bertz CT molecular complexity index is 378. The molecule has 16 heavy (non-hydrogen) atoms. The van der Waals surface area contributed by atoms with Crippen LogP contribution in [0.15, 0.2) is 18.2 Å². The van der Waals surface area contributed by atoms with Crippen molar-refractivity contribution >= 4 is 0 Å². The molecule has 88 valence electrons. The largest absolute Gasteiger partial charge is 0.385 e. The lowest BCUT2D eigenvalue weighted by molar-refractivity contribution is 0.0406. The Hall–Kier alpha value is -0.890. The van der Waals surface area contributed by atoms with Crippen LogP contribution >= 0.6 is 0 Å². The van der Waals surface area contributed by atoms with E-state index < -0.39 is 5.60 Å². The van der Waals surface area contributed by atoms with Gasteiger partial charge in [-0.3, -0.25) is 0 Å². The smallest absolute Gasteiger partial charge is 0.132 e. The van der Waals surface area contributed by atoms with Crippen molar-refractivity contribution in [3.63, 3.8) is 0 Å². The minimum atomic E-state index is -0.922. The molecule has 1 N–H and O–H groups in total. The van der Waals surface area contributed by atoms with Crippen LogP contribution in [0.1, 0.15) is 56.6 Å². The molecule has 1 aromatic carbocycles. The van der Waals surface area contributed by atoms with Crippen molar-refractivity contribution in [1.82, 2.24) is 0 Å². The standard InChI is InChI=1S/C14H19FO/c1-10(2)11-6-5-7-12(13(11)15)14(16)8-3-4-9-14/h5-7,10,16H,3-4,8-9H2,1-2H3. The normalized spacial score (nSPS) is 19.3. The van der Waals surface area contributed by atoms with Crippen molar-refractivity contribution in [2.24, 2.45) is 0 Å². The highest BCUT2D eigenvalue weighted by Crippen LogP contribution is 2.40. The summed E-state index contributed by atoms with van der Waals surface area (Å²) >= 11 is 0. The van der Waals surface area contributed by atoms with Crippen molar-refractivity contribution in [3.8, 4) is 0 Å². The zero-order valence-corrected chi connectivity index (χ0v) is 9.96. The lowest BCUT2D eigenvalue weighted by atomic mass is 9.88. The molecule has 0 atom stereocenters. The van der Waals surface area contributed by atoms with E-state index in [1.807, 2.05) is 26.0 Å². The van der Waals surface area contributed by atoms with Crippen molar-refractivity contribution in [2.75, 3.05) is 0 Å². The summed E-state index contributed by atoms with van der Waals surface area (Å²) in [7, 11) is 0. The summed E-state index contributed by atoms with van der Waals surface area (Å²) in [6, 6.07) is 5.39. The van der Waals surface area contributed by atoms with Gasteiger partial charge in [-0.25, -0.2) is 4.39 Å². The van der Waals surface area contributed by atoms with Crippen molar-refractivity contribution in [3.05, 3.63) is 35.1 Å². The van der Waals surface area contributed by atoms with Gasteiger partial charge in [0.25, 0.3) is 0 Å². The molecule has 1 saturated carbocycles. The van der Waals surface area contributed by atoms with Crippen LogP contribution in [0.4, 0.5) is 4.39 Å². The number of hydrogen-bond acceptors (Lipinski definition) is 1. The molecule has 0 bridgehead atoms. The topological polar surface area (TPSA) is 20.2 Å². The summed E-state index contributed by atoms with van der Waals surface area (Å²) in [4.78, 5) is 0. The Morgan fingerprint density at radius 3 is 2.44 bits per heavy atom.